The summed E-state index contributed by atoms with van der Waals surface area (Å²) in [5, 5.41) is 11.8. The van der Waals surface area contributed by atoms with Gasteiger partial charge in [-0.25, -0.2) is 4.99 Å². The lowest BCUT2D eigenvalue weighted by Gasteiger charge is -2.55. The summed E-state index contributed by atoms with van der Waals surface area (Å²) in [5.74, 6) is 2.63. The lowest BCUT2D eigenvalue weighted by Crippen LogP contribution is -2.47. The normalized spacial score (nSPS) is 28.6. The molecule has 4 aliphatic rings. The lowest BCUT2D eigenvalue weighted by atomic mass is 9.50. The van der Waals surface area contributed by atoms with Crippen molar-refractivity contribution in [1.82, 2.24) is 4.90 Å². The van der Waals surface area contributed by atoms with E-state index in [1.807, 2.05) is 0 Å². The number of amidine groups is 1. The van der Waals surface area contributed by atoms with Gasteiger partial charge in [-0.1, -0.05) is 37.3 Å². The predicted octanol–water partition coefficient (Wildman–Crippen LogP) is 4.62. The SMILES string of the molecule is CC1(C)C2C=C(CN3CCSC3=Nc3ccc([N+](=O)[O-])cc3)CC1C2. The maximum absolute atomic E-state index is 10.8. The standard InChI is InChI=1S/C19H23N3O2S/c1-19(2)14-9-13(10-15(19)11-14)12-21-7-8-25-18(21)20-16-3-5-17(6-4-16)22(23)24/h3-6,9,14-15H,7-8,10-12H2,1-2H3. The summed E-state index contributed by atoms with van der Waals surface area (Å²) < 4.78 is 0. The molecule has 1 aromatic rings. The summed E-state index contributed by atoms with van der Waals surface area (Å²) in [6.45, 7) is 6.78. The zero-order valence-electron chi connectivity index (χ0n) is 14.6. The first-order valence-electron chi connectivity index (χ1n) is 8.84. The topological polar surface area (TPSA) is 58.7 Å². The minimum atomic E-state index is -0.379. The molecule has 1 saturated carbocycles. The third kappa shape index (κ3) is 3.08. The van der Waals surface area contributed by atoms with Crippen LogP contribution in [0.3, 0.4) is 0 Å². The van der Waals surface area contributed by atoms with Gasteiger partial charge in [0.2, 0.25) is 0 Å². The molecule has 1 aromatic carbocycles. The number of thioether (sulfide) groups is 1. The number of non-ortho nitro benzene ring substituents is 1. The first-order chi connectivity index (χ1) is 11.9. The number of hydrogen-bond acceptors (Lipinski definition) is 4. The van der Waals surface area contributed by atoms with Crippen molar-refractivity contribution in [1.29, 1.82) is 0 Å². The molecule has 1 heterocycles. The molecule has 2 atom stereocenters. The van der Waals surface area contributed by atoms with Crippen molar-refractivity contribution in [3.63, 3.8) is 0 Å². The lowest BCUT2D eigenvalue weighted by molar-refractivity contribution is -0.384. The summed E-state index contributed by atoms with van der Waals surface area (Å²) in [6, 6.07) is 6.48. The van der Waals surface area contributed by atoms with Crippen LogP contribution in [0.1, 0.15) is 26.7 Å². The van der Waals surface area contributed by atoms with Crippen molar-refractivity contribution in [2.24, 2.45) is 22.2 Å². The van der Waals surface area contributed by atoms with E-state index < -0.39 is 0 Å². The van der Waals surface area contributed by atoms with Gasteiger partial charge in [0.1, 0.15) is 0 Å². The molecule has 1 aliphatic heterocycles. The average Bonchev–Trinajstić information content (AvgIpc) is 3.02. The molecule has 5 rings (SSSR count). The Morgan fingerprint density at radius 1 is 1.36 bits per heavy atom. The highest BCUT2D eigenvalue weighted by Crippen LogP contribution is 2.58. The highest BCUT2D eigenvalue weighted by atomic mass is 32.2. The van der Waals surface area contributed by atoms with Crippen molar-refractivity contribution in [2.75, 3.05) is 18.8 Å². The molecule has 0 radical (unpaired) electrons. The van der Waals surface area contributed by atoms with Gasteiger partial charge in [-0.15, -0.1) is 0 Å². The molecule has 2 fully saturated rings. The monoisotopic (exact) mass is 357 g/mol. The summed E-state index contributed by atoms with van der Waals surface area (Å²) in [6.07, 6.45) is 5.08. The van der Waals surface area contributed by atoms with Gasteiger partial charge in [-0.3, -0.25) is 10.1 Å². The van der Waals surface area contributed by atoms with E-state index in [1.54, 1.807) is 29.5 Å². The number of fused-ring (bicyclic) bond motifs is 1. The number of nitrogens with zero attached hydrogens (tertiary/aromatic N) is 3. The van der Waals surface area contributed by atoms with E-state index in [0.717, 1.165) is 41.5 Å². The van der Waals surface area contributed by atoms with Crippen LogP contribution in [0.5, 0.6) is 0 Å². The zero-order chi connectivity index (χ0) is 17.6. The largest absolute Gasteiger partial charge is 0.346 e. The van der Waals surface area contributed by atoms with E-state index in [9.17, 15) is 10.1 Å². The van der Waals surface area contributed by atoms with E-state index in [-0.39, 0.29) is 10.6 Å². The third-order valence-electron chi connectivity index (χ3n) is 6.03. The summed E-state index contributed by atoms with van der Waals surface area (Å²) >= 11 is 1.77. The Kier molecular flexibility index (Phi) is 4.10. The van der Waals surface area contributed by atoms with Gasteiger partial charge in [0.05, 0.1) is 10.6 Å². The molecule has 3 aliphatic carbocycles. The van der Waals surface area contributed by atoms with Crippen LogP contribution in [0.2, 0.25) is 0 Å². The van der Waals surface area contributed by atoms with Gasteiger partial charge >= 0.3 is 0 Å². The molecule has 5 nitrogen and oxygen atoms in total. The van der Waals surface area contributed by atoms with Crippen LogP contribution in [0.15, 0.2) is 40.9 Å². The van der Waals surface area contributed by atoms with Crippen molar-refractivity contribution >= 4 is 28.3 Å². The molecule has 0 N–H and O–H groups in total. The maximum Gasteiger partial charge on any atom is 0.269 e. The van der Waals surface area contributed by atoms with Crippen LogP contribution in [0.25, 0.3) is 0 Å². The summed E-state index contributed by atoms with van der Waals surface area (Å²) in [7, 11) is 0. The van der Waals surface area contributed by atoms with Crippen LogP contribution < -0.4 is 0 Å². The van der Waals surface area contributed by atoms with Gasteiger partial charge < -0.3 is 4.90 Å². The van der Waals surface area contributed by atoms with Crippen LogP contribution in [-0.2, 0) is 0 Å². The Labute approximate surface area is 152 Å². The summed E-state index contributed by atoms with van der Waals surface area (Å²) in [4.78, 5) is 17.5. The Morgan fingerprint density at radius 3 is 2.72 bits per heavy atom. The molecule has 25 heavy (non-hydrogen) atoms. The zero-order valence-corrected chi connectivity index (χ0v) is 15.5. The second kappa shape index (κ2) is 6.16. The molecular formula is C19H23N3O2S. The number of allylic oxidation sites excluding steroid dienone is 1. The Balaban J connectivity index is 1.47. The van der Waals surface area contributed by atoms with Crippen LogP contribution >= 0.6 is 11.8 Å². The minimum absolute atomic E-state index is 0.106. The molecule has 0 amide bonds. The number of hydrogen-bond donors (Lipinski definition) is 0. The minimum Gasteiger partial charge on any atom is -0.346 e. The fourth-order valence-corrected chi connectivity index (χ4v) is 5.16. The van der Waals surface area contributed by atoms with E-state index in [1.165, 1.54) is 25.0 Å². The van der Waals surface area contributed by atoms with Crippen molar-refractivity contribution in [3.05, 3.63) is 46.0 Å². The highest BCUT2D eigenvalue weighted by Gasteiger charge is 2.49. The second-order valence-electron chi connectivity index (χ2n) is 7.83. The number of nitro groups is 1. The first-order valence-corrected chi connectivity index (χ1v) is 9.82. The molecule has 1 saturated heterocycles. The van der Waals surface area contributed by atoms with E-state index in [0.29, 0.717) is 5.41 Å². The first kappa shape index (κ1) is 16.6. The average molecular weight is 357 g/mol. The van der Waals surface area contributed by atoms with Crippen molar-refractivity contribution < 1.29 is 4.92 Å². The van der Waals surface area contributed by atoms with E-state index >= 15 is 0 Å². The molecule has 2 bridgehead atoms. The van der Waals surface area contributed by atoms with Crippen molar-refractivity contribution in [2.45, 2.75) is 26.7 Å². The van der Waals surface area contributed by atoms with Gasteiger partial charge in [0, 0.05) is 31.0 Å². The molecule has 6 heteroatoms. The quantitative estimate of drug-likeness (QED) is 0.448. The summed E-state index contributed by atoms with van der Waals surface area (Å²) in [5.41, 5.74) is 2.93. The van der Waals surface area contributed by atoms with Gasteiger partial charge in [-0.05, 0) is 42.2 Å². The molecule has 0 spiro atoms. The van der Waals surface area contributed by atoms with Crippen LogP contribution in [-0.4, -0.2) is 33.8 Å². The Hall–Kier alpha value is -1.82. The maximum atomic E-state index is 10.8. The predicted molar refractivity (Wildman–Crippen MR) is 102 cm³/mol. The smallest absolute Gasteiger partial charge is 0.269 e. The molecule has 0 aromatic heterocycles. The number of benzene rings is 1. The van der Waals surface area contributed by atoms with Gasteiger partial charge in [0.15, 0.2) is 5.17 Å². The molecule has 2 unspecified atom stereocenters. The van der Waals surface area contributed by atoms with Gasteiger partial charge in [0.25, 0.3) is 5.69 Å². The fourth-order valence-electron chi connectivity index (χ4n) is 4.16. The fraction of sp³-hybridized carbons (Fsp3) is 0.526. The Morgan fingerprint density at radius 2 is 2.12 bits per heavy atom. The highest BCUT2D eigenvalue weighted by molar-refractivity contribution is 8.14. The molecule has 132 valence electrons. The van der Waals surface area contributed by atoms with Crippen molar-refractivity contribution in [3.8, 4) is 0 Å². The number of rotatable bonds is 4. The van der Waals surface area contributed by atoms with Crippen LogP contribution in [0, 0.1) is 27.4 Å². The Bertz CT molecular complexity index is 754. The van der Waals surface area contributed by atoms with Gasteiger partial charge in [-0.2, -0.15) is 0 Å². The number of aliphatic imine (C=N–C) groups is 1. The van der Waals surface area contributed by atoms with Crippen LogP contribution in [0.4, 0.5) is 11.4 Å². The second-order valence-corrected chi connectivity index (χ2v) is 8.89. The number of nitro benzene ring substituents is 1. The third-order valence-corrected chi connectivity index (χ3v) is 7.03. The molecular weight excluding hydrogens is 334 g/mol. The van der Waals surface area contributed by atoms with E-state index in [2.05, 4.69) is 24.8 Å². The van der Waals surface area contributed by atoms with E-state index in [4.69, 9.17) is 4.99 Å².